The van der Waals surface area contributed by atoms with E-state index < -0.39 is 0 Å². The van der Waals surface area contributed by atoms with Gasteiger partial charge in [0.1, 0.15) is 0 Å². The van der Waals surface area contributed by atoms with Crippen LogP contribution in [0.1, 0.15) is 0 Å². The Bertz CT molecular complexity index is 489. The molecule has 0 fully saturated rings. The normalized spacial score (nSPS) is 10.9. The van der Waals surface area contributed by atoms with Gasteiger partial charge in [-0.15, -0.1) is 0 Å². The van der Waals surface area contributed by atoms with E-state index in [1.54, 1.807) is 0 Å². The van der Waals surface area contributed by atoms with E-state index in [-0.39, 0.29) is 0 Å². The first-order valence-electron chi connectivity index (χ1n) is 4.64. The van der Waals surface area contributed by atoms with Crippen LogP contribution in [0, 0.1) is 12.1 Å². The molecule has 0 saturated heterocycles. The van der Waals surface area contributed by atoms with Gasteiger partial charge in [0.2, 0.25) is 0 Å². The fraction of sp³-hybridized carbons (Fsp3) is 0. The van der Waals surface area contributed by atoms with Crippen LogP contribution in [0.5, 0.6) is 0 Å². The second kappa shape index (κ2) is 2.85. The Balaban J connectivity index is 2.52. The SMILES string of the molecule is [c]1ccc2[c]c3ccccc3cc2c1. The van der Waals surface area contributed by atoms with Gasteiger partial charge >= 0.3 is 0 Å². The molecule has 0 atom stereocenters. The number of hydrogen-bond acceptors (Lipinski definition) is 0. The second-order valence-electron chi connectivity index (χ2n) is 3.37. The predicted molar refractivity (Wildman–Crippen MR) is 59.1 cm³/mol. The van der Waals surface area contributed by atoms with Gasteiger partial charge in [-0.25, -0.2) is 0 Å². The van der Waals surface area contributed by atoms with Gasteiger partial charge in [0.25, 0.3) is 0 Å². The minimum atomic E-state index is 1.16. The third-order valence-corrected chi connectivity index (χ3v) is 2.44. The van der Waals surface area contributed by atoms with Crippen molar-refractivity contribution in [1.29, 1.82) is 0 Å². The highest BCUT2D eigenvalue weighted by atomic mass is 14.0. The first-order chi connectivity index (χ1) is 6.93. The minimum absolute atomic E-state index is 1.16. The molecule has 3 aromatic carbocycles. The van der Waals surface area contributed by atoms with Gasteiger partial charge in [-0.1, -0.05) is 36.4 Å². The van der Waals surface area contributed by atoms with Crippen LogP contribution in [0.4, 0.5) is 0 Å². The summed E-state index contributed by atoms with van der Waals surface area (Å²) in [5.74, 6) is 0. The zero-order valence-corrected chi connectivity index (χ0v) is 7.62. The van der Waals surface area contributed by atoms with Crippen LogP contribution in [0.15, 0.2) is 48.5 Å². The quantitative estimate of drug-likeness (QED) is 0.459. The van der Waals surface area contributed by atoms with E-state index >= 15 is 0 Å². The van der Waals surface area contributed by atoms with Gasteiger partial charge in [-0.3, -0.25) is 0 Å². The summed E-state index contributed by atoms with van der Waals surface area (Å²) in [5.41, 5.74) is 0. The number of fused-ring (bicyclic) bond motifs is 2. The average Bonchev–Trinajstić information content (AvgIpc) is 2.26. The summed E-state index contributed by atoms with van der Waals surface area (Å²) in [7, 11) is 0. The van der Waals surface area contributed by atoms with Crippen molar-refractivity contribution >= 4 is 21.5 Å². The highest BCUT2D eigenvalue weighted by Crippen LogP contribution is 2.21. The van der Waals surface area contributed by atoms with Crippen LogP contribution in [0.2, 0.25) is 0 Å². The molecule has 0 heterocycles. The first-order valence-corrected chi connectivity index (χ1v) is 4.64. The summed E-state index contributed by atoms with van der Waals surface area (Å²) >= 11 is 0. The number of rotatable bonds is 0. The van der Waals surface area contributed by atoms with Crippen molar-refractivity contribution < 1.29 is 0 Å². The molecule has 3 rings (SSSR count). The van der Waals surface area contributed by atoms with Crippen molar-refractivity contribution in [2.75, 3.05) is 0 Å². The van der Waals surface area contributed by atoms with E-state index in [0.717, 1.165) is 5.39 Å². The Kier molecular flexibility index (Phi) is 1.54. The van der Waals surface area contributed by atoms with Gasteiger partial charge in [-0.2, -0.15) is 0 Å². The zero-order chi connectivity index (χ0) is 9.38. The lowest BCUT2D eigenvalue weighted by atomic mass is 10.0. The molecule has 0 aliphatic heterocycles. The molecule has 0 heteroatoms. The van der Waals surface area contributed by atoms with Crippen molar-refractivity contribution in [2.45, 2.75) is 0 Å². The molecule has 2 radical (unpaired) electrons. The average molecular weight is 176 g/mol. The van der Waals surface area contributed by atoms with Gasteiger partial charge in [0.05, 0.1) is 0 Å². The number of hydrogen-bond donors (Lipinski definition) is 0. The van der Waals surface area contributed by atoms with E-state index in [0.29, 0.717) is 0 Å². The van der Waals surface area contributed by atoms with Crippen molar-refractivity contribution in [1.82, 2.24) is 0 Å². The topological polar surface area (TPSA) is 0 Å². The maximum atomic E-state index is 3.39. The van der Waals surface area contributed by atoms with Crippen LogP contribution in [0.3, 0.4) is 0 Å². The predicted octanol–water partition coefficient (Wildman–Crippen LogP) is 3.59. The Morgan fingerprint density at radius 2 is 1.71 bits per heavy atom. The zero-order valence-electron chi connectivity index (χ0n) is 7.62. The highest BCUT2D eigenvalue weighted by Gasteiger charge is 1.95. The molecule has 0 amide bonds. The molecule has 0 spiro atoms. The van der Waals surface area contributed by atoms with Crippen molar-refractivity contribution in [3.63, 3.8) is 0 Å². The summed E-state index contributed by atoms with van der Waals surface area (Å²) in [6.07, 6.45) is 0. The fourth-order valence-corrected chi connectivity index (χ4v) is 1.73. The maximum Gasteiger partial charge on any atom is -0.00143 e. The van der Waals surface area contributed by atoms with Gasteiger partial charge < -0.3 is 0 Å². The molecule has 0 N–H and O–H groups in total. The van der Waals surface area contributed by atoms with E-state index in [4.69, 9.17) is 0 Å². The van der Waals surface area contributed by atoms with Gasteiger partial charge in [0, 0.05) is 0 Å². The summed E-state index contributed by atoms with van der Waals surface area (Å²) in [6, 6.07) is 22.9. The molecule has 0 saturated carbocycles. The molecular formula is C14H8. The molecule has 0 aromatic heterocycles. The molecule has 0 aliphatic rings. The Hall–Kier alpha value is -1.82. The molecule has 3 aromatic rings. The van der Waals surface area contributed by atoms with Crippen LogP contribution in [0.25, 0.3) is 21.5 Å². The van der Waals surface area contributed by atoms with Crippen LogP contribution >= 0.6 is 0 Å². The van der Waals surface area contributed by atoms with Crippen LogP contribution < -0.4 is 0 Å². The Morgan fingerprint density at radius 1 is 0.857 bits per heavy atom. The largest absolute Gasteiger partial charge is 0.0616 e. The molecule has 0 aliphatic carbocycles. The lowest BCUT2D eigenvalue weighted by molar-refractivity contribution is 1.75. The third kappa shape index (κ3) is 1.08. The Morgan fingerprint density at radius 3 is 2.71 bits per heavy atom. The minimum Gasteiger partial charge on any atom is -0.0616 e. The van der Waals surface area contributed by atoms with Gasteiger partial charge in [-0.05, 0) is 45.8 Å². The molecule has 0 nitrogen and oxygen atoms in total. The fourth-order valence-electron chi connectivity index (χ4n) is 1.73. The summed E-state index contributed by atoms with van der Waals surface area (Å²) < 4.78 is 0. The number of benzene rings is 3. The lowest BCUT2D eigenvalue weighted by Gasteiger charge is -2.00. The van der Waals surface area contributed by atoms with E-state index in [9.17, 15) is 0 Å². The lowest BCUT2D eigenvalue weighted by Crippen LogP contribution is -1.75. The molecule has 0 bridgehead atoms. The molecule has 0 unspecified atom stereocenters. The maximum absolute atomic E-state index is 3.39. The van der Waals surface area contributed by atoms with Crippen molar-refractivity contribution in [3.8, 4) is 0 Å². The van der Waals surface area contributed by atoms with Crippen LogP contribution in [-0.4, -0.2) is 0 Å². The smallest absolute Gasteiger partial charge is 0.00143 e. The summed E-state index contributed by atoms with van der Waals surface area (Å²) in [4.78, 5) is 0. The standard InChI is InChI=1S/C14H8/c1-2-6-12-10-14-8-4-3-7-13(14)9-11(12)5-1/h1-3,5-8,10H. The van der Waals surface area contributed by atoms with E-state index in [1.807, 2.05) is 24.3 Å². The third-order valence-electron chi connectivity index (χ3n) is 2.44. The first kappa shape index (κ1) is 7.57. The second-order valence-corrected chi connectivity index (χ2v) is 3.37. The monoisotopic (exact) mass is 176 g/mol. The highest BCUT2D eigenvalue weighted by molar-refractivity contribution is 5.97. The summed E-state index contributed by atoms with van der Waals surface area (Å²) in [5, 5.41) is 4.76. The van der Waals surface area contributed by atoms with Gasteiger partial charge in [0.15, 0.2) is 0 Å². The van der Waals surface area contributed by atoms with E-state index in [1.165, 1.54) is 16.2 Å². The van der Waals surface area contributed by atoms with E-state index in [2.05, 4.69) is 36.4 Å². The molecule has 64 valence electrons. The summed E-state index contributed by atoms with van der Waals surface area (Å²) in [6.45, 7) is 0. The van der Waals surface area contributed by atoms with Crippen molar-refractivity contribution in [3.05, 3.63) is 60.7 Å². The van der Waals surface area contributed by atoms with Crippen LogP contribution in [-0.2, 0) is 0 Å². The van der Waals surface area contributed by atoms with Crippen molar-refractivity contribution in [2.24, 2.45) is 0 Å². The Labute approximate surface area is 82.8 Å². The molecular weight excluding hydrogens is 168 g/mol. The molecule has 14 heavy (non-hydrogen) atoms.